The van der Waals surface area contributed by atoms with Crippen molar-refractivity contribution in [3.8, 4) is 11.6 Å². The lowest BCUT2D eigenvalue weighted by Crippen LogP contribution is -2.03. The lowest BCUT2D eigenvalue weighted by molar-refractivity contribution is 0.433. The molecule has 1 heterocycles. The van der Waals surface area contributed by atoms with Gasteiger partial charge in [0.2, 0.25) is 5.88 Å². The molecule has 0 amide bonds. The van der Waals surface area contributed by atoms with E-state index in [1.165, 1.54) is 4.68 Å². The average molecular weight is 190 g/mol. The van der Waals surface area contributed by atoms with Gasteiger partial charge in [-0.1, -0.05) is 17.7 Å². The lowest BCUT2D eigenvalue weighted by Gasteiger charge is -2.03. The van der Waals surface area contributed by atoms with Crippen LogP contribution < -0.4 is 5.56 Å². The molecule has 0 saturated heterocycles. The van der Waals surface area contributed by atoms with Crippen LogP contribution in [-0.2, 0) is 0 Å². The van der Waals surface area contributed by atoms with E-state index >= 15 is 0 Å². The second-order valence-corrected chi connectivity index (χ2v) is 3.15. The minimum Gasteiger partial charge on any atom is -0.493 e. The van der Waals surface area contributed by atoms with E-state index in [0.717, 1.165) is 17.3 Å². The van der Waals surface area contributed by atoms with Gasteiger partial charge >= 0.3 is 0 Å². The van der Waals surface area contributed by atoms with E-state index in [-0.39, 0.29) is 11.4 Å². The number of H-pyrrole nitrogens is 1. The lowest BCUT2D eigenvalue weighted by atomic mass is 10.2. The molecule has 0 aliphatic heterocycles. The highest BCUT2D eigenvalue weighted by atomic mass is 16.3. The van der Waals surface area contributed by atoms with E-state index in [2.05, 4.69) is 5.10 Å². The summed E-state index contributed by atoms with van der Waals surface area (Å²) in [6.07, 6.45) is 0. The molecular formula is C10H10N2O2. The molecule has 2 rings (SSSR count). The van der Waals surface area contributed by atoms with Crippen LogP contribution in [0.4, 0.5) is 0 Å². The van der Waals surface area contributed by atoms with E-state index in [0.29, 0.717) is 0 Å². The average Bonchev–Trinajstić information content (AvgIpc) is 2.47. The van der Waals surface area contributed by atoms with Crippen molar-refractivity contribution in [2.75, 3.05) is 0 Å². The van der Waals surface area contributed by atoms with Crippen LogP contribution in [0.25, 0.3) is 5.69 Å². The zero-order chi connectivity index (χ0) is 10.1. The molecule has 0 atom stereocenters. The standard InChI is InChI=1S/C10H10N2O2/c1-7-2-4-8(5-3-7)12-10(14)6-9(13)11-12/h2-6,14H,1H3,(H,11,13). The third kappa shape index (κ3) is 1.42. The van der Waals surface area contributed by atoms with Crippen LogP contribution in [0.15, 0.2) is 35.1 Å². The number of aryl methyl sites for hydroxylation is 1. The molecule has 0 spiro atoms. The minimum atomic E-state index is -0.317. The van der Waals surface area contributed by atoms with E-state index in [1.807, 2.05) is 31.2 Å². The van der Waals surface area contributed by atoms with Crippen molar-refractivity contribution < 1.29 is 5.11 Å². The van der Waals surface area contributed by atoms with E-state index < -0.39 is 0 Å². The normalized spacial score (nSPS) is 10.4. The summed E-state index contributed by atoms with van der Waals surface area (Å²) in [6, 6.07) is 8.61. The fraction of sp³-hybridized carbons (Fsp3) is 0.100. The quantitative estimate of drug-likeness (QED) is 0.709. The maximum absolute atomic E-state index is 10.9. The number of aromatic nitrogens is 2. The molecule has 0 radical (unpaired) electrons. The molecule has 0 unspecified atom stereocenters. The summed E-state index contributed by atoms with van der Waals surface area (Å²) in [7, 11) is 0. The van der Waals surface area contributed by atoms with Crippen molar-refractivity contribution in [3.05, 3.63) is 46.2 Å². The molecule has 0 fully saturated rings. The summed E-state index contributed by atoms with van der Waals surface area (Å²) in [5.74, 6) is -0.0844. The molecule has 14 heavy (non-hydrogen) atoms. The maximum Gasteiger partial charge on any atom is 0.268 e. The zero-order valence-corrected chi connectivity index (χ0v) is 7.69. The summed E-state index contributed by atoms with van der Waals surface area (Å²) in [5, 5.41) is 11.9. The Kier molecular flexibility index (Phi) is 1.89. The van der Waals surface area contributed by atoms with Gasteiger partial charge in [0, 0.05) is 0 Å². The van der Waals surface area contributed by atoms with Crippen LogP contribution in [0.1, 0.15) is 5.56 Å². The topological polar surface area (TPSA) is 58.0 Å². The smallest absolute Gasteiger partial charge is 0.268 e. The van der Waals surface area contributed by atoms with E-state index in [9.17, 15) is 9.90 Å². The first-order valence-electron chi connectivity index (χ1n) is 4.25. The van der Waals surface area contributed by atoms with Gasteiger partial charge in [-0.25, -0.2) is 4.68 Å². The van der Waals surface area contributed by atoms with Crippen molar-refractivity contribution in [2.24, 2.45) is 0 Å². The molecule has 72 valence electrons. The van der Waals surface area contributed by atoms with Gasteiger partial charge in [-0.15, -0.1) is 0 Å². The van der Waals surface area contributed by atoms with E-state index in [1.54, 1.807) is 0 Å². The molecule has 4 heteroatoms. The van der Waals surface area contributed by atoms with Gasteiger partial charge in [-0.3, -0.25) is 9.89 Å². The van der Waals surface area contributed by atoms with Gasteiger partial charge in [-0.05, 0) is 19.1 Å². The van der Waals surface area contributed by atoms with Gasteiger partial charge in [-0.2, -0.15) is 0 Å². The SMILES string of the molecule is Cc1ccc(-n2[nH]c(=O)cc2O)cc1. The van der Waals surface area contributed by atoms with Crippen LogP contribution in [-0.4, -0.2) is 14.9 Å². The fourth-order valence-electron chi connectivity index (χ4n) is 1.27. The monoisotopic (exact) mass is 190 g/mol. The molecule has 0 aliphatic carbocycles. The number of nitrogens with one attached hydrogen (secondary N) is 1. The van der Waals surface area contributed by atoms with Gasteiger partial charge in [0.1, 0.15) is 0 Å². The summed E-state index contributed by atoms with van der Waals surface area (Å²) in [5.41, 5.74) is 1.54. The van der Waals surface area contributed by atoms with Crippen LogP contribution in [0, 0.1) is 6.92 Å². The second-order valence-electron chi connectivity index (χ2n) is 3.15. The summed E-state index contributed by atoms with van der Waals surface area (Å²) in [4.78, 5) is 10.9. The van der Waals surface area contributed by atoms with Crippen molar-refractivity contribution in [1.29, 1.82) is 0 Å². The van der Waals surface area contributed by atoms with Crippen molar-refractivity contribution >= 4 is 0 Å². The Labute approximate surface area is 80.4 Å². The number of hydrogen-bond acceptors (Lipinski definition) is 2. The van der Waals surface area contributed by atoms with Gasteiger partial charge in [0.05, 0.1) is 11.8 Å². The minimum absolute atomic E-state index is 0.0844. The Morgan fingerprint density at radius 3 is 2.43 bits per heavy atom. The molecule has 4 nitrogen and oxygen atoms in total. The van der Waals surface area contributed by atoms with Crippen molar-refractivity contribution in [2.45, 2.75) is 6.92 Å². The summed E-state index contributed by atoms with van der Waals surface area (Å²) in [6.45, 7) is 1.97. The second kappa shape index (κ2) is 3.06. The van der Waals surface area contributed by atoms with Gasteiger partial charge in [0.15, 0.2) is 0 Å². The molecule has 0 aliphatic rings. The first kappa shape index (κ1) is 8.62. The highest BCUT2D eigenvalue weighted by Gasteiger charge is 2.03. The Morgan fingerprint density at radius 1 is 1.29 bits per heavy atom. The van der Waals surface area contributed by atoms with Crippen molar-refractivity contribution in [3.63, 3.8) is 0 Å². The maximum atomic E-state index is 10.9. The van der Waals surface area contributed by atoms with Gasteiger partial charge in [0.25, 0.3) is 5.56 Å². The Morgan fingerprint density at radius 2 is 1.93 bits per heavy atom. The van der Waals surface area contributed by atoms with Crippen LogP contribution >= 0.6 is 0 Å². The molecule has 0 saturated carbocycles. The molecule has 1 aromatic carbocycles. The largest absolute Gasteiger partial charge is 0.493 e. The number of benzene rings is 1. The number of aromatic amines is 1. The number of nitrogens with zero attached hydrogens (tertiary/aromatic N) is 1. The number of rotatable bonds is 1. The third-order valence-electron chi connectivity index (χ3n) is 2.00. The highest BCUT2D eigenvalue weighted by molar-refractivity contribution is 5.36. The fourth-order valence-corrected chi connectivity index (χ4v) is 1.27. The molecule has 0 bridgehead atoms. The van der Waals surface area contributed by atoms with Crippen LogP contribution in [0.2, 0.25) is 0 Å². The van der Waals surface area contributed by atoms with Crippen molar-refractivity contribution in [1.82, 2.24) is 9.78 Å². The molecule has 2 aromatic rings. The first-order valence-corrected chi connectivity index (χ1v) is 4.25. The number of aromatic hydroxyl groups is 1. The molecular weight excluding hydrogens is 180 g/mol. The number of hydrogen-bond donors (Lipinski definition) is 2. The van der Waals surface area contributed by atoms with Crippen LogP contribution in [0.3, 0.4) is 0 Å². The summed E-state index contributed by atoms with van der Waals surface area (Å²) < 4.78 is 1.34. The Bertz CT molecular complexity index is 494. The van der Waals surface area contributed by atoms with Gasteiger partial charge < -0.3 is 5.11 Å². The molecule has 2 N–H and O–H groups in total. The predicted octanol–water partition coefficient (Wildman–Crippen LogP) is 1.18. The van der Waals surface area contributed by atoms with E-state index in [4.69, 9.17) is 0 Å². The summed E-state index contributed by atoms with van der Waals surface area (Å²) >= 11 is 0. The molecule has 1 aromatic heterocycles. The zero-order valence-electron chi connectivity index (χ0n) is 7.69. The van der Waals surface area contributed by atoms with Crippen LogP contribution in [0.5, 0.6) is 5.88 Å². The third-order valence-corrected chi connectivity index (χ3v) is 2.00. The highest BCUT2D eigenvalue weighted by Crippen LogP contribution is 2.13. The predicted molar refractivity (Wildman–Crippen MR) is 52.8 cm³/mol. The first-order chi connectivity index (χ1) is 6.66. The Balaban J connectivity index is 2.54. The Hall–Kier alpha value is -1.97.